The highest BCUT2D eigenvalue weighted by Gasteiger charge is 2.19. The van der Waals surface area contributed by atoms with Gasteiger partial charge in [0.1, 0.15) is 11.0 Å². The number of fused-ring (bicyclic) bond motifs is 1. The molecular weight excluding hydrogens is 391 g/mol. The molecule has 3 aromatic rings. The Morgan fingerprint density at radius 3 is 2.81 bits per heavy atom. The highest BCUT2D eigenvalue weighted by atomic mass is 35.5. The van der Waals surface area contributed by atoms with Crippen LogP contribution in [0.5, 0.6) is 0 Å². The second-order valence-corrected chi connectivity index (χ2v) is 6.51. The van der Waals surface area contributed by atoms with Crippen molar-refractivity contribution in [3.05, 3.63) is 68.4 Å². The number of carbonyl (C=O) groups is 1. The lowest BCUT2D eigenvalue weighted by Gasteiger charge is -2.22. The molecule has 2 aromatic heterocycles. The summed E-state index contributed by atoms with van der Waals surface area (Å²) in [6.07, 6.45) is 1.35. The van der Waals surface area contributed by atoms with Crippen LogP contribution >= 0.6 is 23.2 Å². The average Bonchev–Trinajstić information content (AvgIpc) is 2.67. The first kappa shape index (κ1) is 19.3. The summed E-state index contributed by atoms with van der Waals surface area (Å²) in [5, 5.41) is 0.799. The van der Waals surface area contributed by atoms with Crippen LogP contribution in [0.2, 0.25) is 10.2 Å². The number of methoxy groups -OCH3 is 1. The van der Waals surface area contributed by atoms with E-state index in [2.05, 4.69) is 15.0 Å². The lowest BCUT2D eigenvalue weighted by molar-refractivity contribution is 0.0675. The number of nitrogens with one attached hydrogen (secondary N) is 1. The number of para-hydroxylation sites is 1. The normalized spacial score (nSPS) is 10.9. The maximum atomic E-state index is 12.9. The molecule has 3 rings (SSSR count). The van der Waals surface area contributed by atoms with E-state index in [9.17, 15) is 9.59 Å². The summed E-state index contributed by atoms with van der Waals surface area (Å²) >= 11 is 11.8. The third kappa shape index (κ3) is 4.44. The van der Waals surface area contributed by atoms with Gasteiger partial charge in [-0.3, -0.25) is 9.59 Å². The fourth-order valence-corrected chi connectivity index (χ4v) is 2.83. The molecule has 0 radical (unpaired) electrons. The molecule has 1 N–H and O–H groups in total. The molecule has 0 fully saturated rings. The van der Waals surface area contributed by atoms with E-state index in [1.165, 1.54) is 17.2 Å². The van der Waals surface area contributed by atoms with Crippen molar-refractivity contribution in [1.29, 1.82) is 0 Å². The largest absolute Gasteiger partial charge is 0.383 e. The Kier molecular flexibility index (Phi) is 6.05. The highest BCUT2D eigenvalue weighted by molar-refractivity contribution is 6.41. The van der Waals surface area contributed by atoms with Gasteiger partial charge in [-0.2, -0.15) is 0 Å². The fourth-order valence-electron chi connectivity index (χ4n) is 2.57. The van der Waals surface area contributed by atoms with Crippen LogP contribution in [-0.2, 0) is 11.3 Å². The Hall–Kier alpha value is -2.48. The van der Waals surface area contributed by atoms with Gasteiger partial charge in [0.2, 0.25) is 0 Å². The zero-order chi connectivity index (χ0) is 19.4. The van der Waals surface area contributed by atoms with Gasteiger partial charge in [-0.05, 0) is 18.2 Å². The van der Waals surface area contributed by atoms with E-state index >= 15 is 0 Å². The topological polar surface area (TPSA) is 88.2 Å². The summed E-state index contributed by atoms with van der Waals surface area (Å²) in [6, 6.07) is 8.46. The lowest BCUT2D eigenvalue weighted by atomic mass is 10.2. The third-order valence-corrected chi connectivity index (χ3v) is 4.58. The van der Waals surface area contributed by atoms with Gasteiger partial charge in [-0.15, -0.1) is 0 Å². The molecule has 0 spiro atoms. The number of nitrogens with zero attached hydrogens (tertiary/aromatic N) is 3. The zero-order valence-corrected chi connectivity index (χ0v) is 15.9. The summed E-state index contributed by atoms with van der Waals surface area (Å²) in [5.74, 6) is 0.0464. The summed E-state index contributed by atoms with van der Waals surface area (Å²) in [5.41, 5.74) is 0.584. The molecule has 1 amide bonds. The molecule has 2 heterocycles. The molecule has 140 valence electrons. The van der Waals surface area contributed by atoms with Gasteiger partial charge in [0, 0.05) is 19.9 Å². The van der Waals surface area contributed by atoms with Crippen molar-refractivity contribution in [2.45, 2.75) is 6.54 Å². The van der Waals surface area contributed by atoms with E-state index in [1.54, 1.807) is 31.4 Å². The van der Waals surface area contributed by atoms with E-state index in [-0.39, 0.29) is 33.8 Å². The molecule has 0 atom stereocenters. The smallest absolute Gasteiger partial charge is 0.258 e. The van der Waals surface area contributed by atoms with E-state index in [0.717, 1.165) is 0 Å². The van der Waals surface area contributed by atoms with Gasteiger partial charge in [0.25, 0.3) is 11.5 Å². The molecule has 0 bridgehead atoms. The summed E-state index contributed by atoms with van der Waals surface area (Å²) in [6.45, 7) is 0.715. The van der Waals surface area contributed by atoms with Crippen LogP contribution in [0.3, 0.4) is 0 Å². The van der Waals surface area contributed by atoms with Crippen molar-refractivity contribution in [3.8, 4) is 0 Å². The van der Waals surface area contributed by atoms with Crippen molar-refractivity contribution >= 4 is 40.0 Å². The van der Waals surface area contributed by atoms with Gasteiger partial charge in [-0.25, -0.2) is 9.97 Å². The van der Waals surface area contributed by atoms with Gasteiger partial charge in [0.15, 0.2) is 0 Å². The summed E-state index contributed by atoms with van der Waals surface area (Å²) in [4.78, 5) is 37.7. The number of benzene rings is 1. The van der Waals surface area contributed by atoms with Crippen molar-refractivity contribution < 1.29 is 9.53 Å². The Morgan fingerprint density at radius 2 is 2.07 bits per heavy atom. The number of aromatic amines is 1. The molecule has 0 aliphatic carbocycles. The number of pyridine rings is 1. The van der Waals surface area contributed by atoms with Crippen LogP contribution in [0.1, 0.15) is 16.2 Å². The molecule has 0 saturated carbocycles. The average molecular weight is 407 g/mol. The molecule has 0 aliphatic rings. The first-order chi connectivity index (χ1) is 13.0. The maximum Gasteiger partial charge on any atom is 0.258 e. The minimum Gasteiger partial charge on any atom is -0.383 e. The second-order valence-electron chi connectivity index (χ2n) is 5.75. The van der Waals surface area contributed by atoms with Crippen LogP contribution in [0, 0.1) is 0 Å². The van der Waals surface area contributed by atoms with Crippen molar-refractivity contribution in [1.82, 2.24) is 19.9 Å². The highest BCUT2D eigenvalue weighted by Crippen LogP contribution is 2.21. The third-order valence-electron chi connectivity index (χ3n) is 3.90. The van der Waals surface area contributed by atoms with Crippen molar-refractivity contribution in [2.75, 3.05) is 20.3 Å². The number of carbonyl (C=O) groups excluding carboxylic acids is 1. The number of hydrogen-bond donors (Lipinski definition) is 1. The Bertz CT molecular complexity index is 1040. The molecule has 1 aromatic carbocycles. The Labute approximate surface area is 164 Å². The number of ether oxygens (including phenoxy) is 1. The molecule has 0 aliphatic heterocycles. The number of aromatic nitrogens is 3. The van der Waals surface area contributed by atoms with Crippen LogP contribution in [0.25, 0.3) is 10.9 Å². The number of halogens is 2. The van der Waals surface area contributed by atoms with Gasteiger partial charge in [0.05, 0.1) is 34.6 Å². The predicted octanol–water partition coefficient (Wildman–Crippen LogP) is 2.91. The summed E-state index contributed by atoms with van der Waals surface area (Å²) < 4.78 is 5.08. The molecule has 9 heteroatoms. The molecule has 0 unspecified atom stereocenters. The zero-order valence-electron chi connectivity index (χ0n) is 14.4. The van der Waals surface area contributed by atoms with E-state index in [4.69, 9.17) is 27.9 Å². The number of amides is 1. The van der Waals surface area contributed by atoms with Gasteiger partial charge in [-0.1, -0.05) is 35.3 Å². The van der Waals surface area contributed by atoms with E-state index in [0.29, 0.717) is 29.9 Å². The van der Waals surface area contributed by atoms with Gasteiger partial charge >= 0.3 is 0 Å². The Balaban J connectivity index is 1.92. The quantitative estimate of drug-likeness (QED) is 0.635. The van der Waals surface area contributed by atoms with Crippen molar-refractivity contribution in [2.24, 2.45) is 0 Å². The lowest BCUT2D eigenvalue weighted by Crippen LogP contribution is -2.34. The molecule has 7 nitrogen and oxygen atoms in total. The van der Waals surface area contributed by atoms with Crippen LogP contribution in [0.4, 0.5) is 0 Å². The van der Waals surface area contributed by atoms with E-state index in [1.807, 2.05) is 0 Å². The molecule has 27 heavy (non-hydrogen) atoms. The number of rotatable bonds is 6. The molecular formula is C18H16Cl2N4O3. The monoisotopic (exact) mass is 406 g/mol. The SMILES string of the molecule is COCCN(Cc1nc2ccccc2c(=O)[nH]1)C(=O)c1cnc(Cl)c(Cl)c1. The van der Waals surface area contributed by atoms with Crippen LogP contribution in [0.15, 0.2) is 41.3 Å². The number of hydrogen-bond acceptors (Lipinski definition) is 5. The first-order valence-electron chi connectivity index (χ1n) is 8.07. The minimum atomic E-state index is -0.325. The van der Waals surface area contributed by atoms with Crippen LogP contribution in [-0.4, -0.2) is 46.0 Å². The predicted molar refractivity (Wildman–Crippen MR) is 103 cm³/mol. The van der Waals surface area contributed by atoms with Crippen molar-refractivity contribution in [3.63, 3.8) is 0 Å². The molecule has 0 saturated heterocycles. The van der Waals surface area contributed by atoms with Gasteiger partial charge < -0.3 is 14.6 Å². The summed E-state index contributed by atoms with van der Waals surface area (Å²) in [7, 11) is 1.54. The first-order valence-corrected chi connectivity index (χ1v) is 8.82. The Morgan fingerprint density at radius 1 is 1.30 bits per heavy atom. The standard InChI is InChI=1S/C18H16Cl2N4O3/c1-27-7-6-24(18(26)11-8-13(19)16(20)21-9-11)10-15-22-14-5-3-2-4-12(14)17(25)23-15/h2-5,8-9H,6-7,10H2,1H3,(H,22,23,25). The second kappa shape index (κ2) is 8.47. The minimum absolute atomic E-state index is 0.0997. The van der Waals surface area contributed by atoms with E-state index < -0.39 is 0 Å². The maximum absolute atomic E-state index is 12.9. The number of H-pyrrole nitrogens is 1. The van der Waals surface area contributed by atoms with Crippen LogP contribution < -0.4 is 5.56 Å². The fraction of sp³-hybridized carbons (Fsp3) is 0.222.